The molecule has 0 aliphatic heterocycles. The van der Waals surface area contributed by atoms with Crippen LogP contribution in [0.5, 0.6) is 0 Å². The highest BCUT2D eigenvalue weighted by Crippen LogP contribution is 2.25. The zero-order valence-corrected chi connectivity index (χ0v) is 11.5. The molecule has 0 spiro atoms. The molecule has 1 aromatic heterocycles. The Morgan fingerprint density at radius 1 is 1.30 bits per heavy atom. The second kappa shape index (κ2) is 5.67. The number of furan rings is 1. The van der Waals surface area contributed by atoms with E-state index in [0.717, 1.165) is 30.2 Å². The molecule has 20 heavy (non-hydrogen) atoms. The summed E-state index contributed by atoms with van der Waals surface area (Å²) in [6, 6.07) is 7.79. The SMILES string of the molecule is NCC1CCCCC1NC(=O)c1coc2ccccc12. The molecule has 0 radical (unpaired) electrons. The third-order valence-corrected chi connectivity index (χ3v) is 4.25. The van der Waals surface area contributed by atoms with Crippen molar-refractivity contribution in [1.82, 2.24) is 5.32 Å². The first-order valence-corrected chi connectivity index (χ1v) is 7.26. The first-order valence-electron chi connectivity index (χ1n) is 7.26. The minimum atomic E-state index is -0.0553. The van der Waals surface area contributed by atoms with E-state index in [0.29, 0.717) is 18.0 Å². The lowest BCUT2D eigenvalue weighted by atomic mass is 9.84. The van der Waals surface area contributed by atoms with Crippen LogP contribution in [-0.2, 0) is 0 Å². The monoisotopic (exact) mass is 272 g/mol. The Bertz CT molecular complexity index is 605. The van der Waals surface area contributed by atoms with E-state index in [1.807, 2.05) is 24.3 Å². The van der Waals surface area contributed by atoms with Crippen LogP contribution in [0, 0.1) is 5.92 Å². The van der Waals surface area contributed by atoms with Crippen LogP contribution in [0.1, 0.15) is 36.0 Å². The number of hydrogen-bond donors (Lipinski definition) is 2. The summed E-state index contributed by atoms with van der Waals surface area (Å²) in [6.45, 7) is 0.636. The van der Waals surface area contributed by atoms with Crippen molar-refractivity contribution in [3.05, 3.63) is 36.1 Å². The van der Waals surface area contributed by atoms with Gasteiger partial charge in [-0.25, -0.2) is 0 Å². The van der Waals surface area contributed by atoms with Gasteiger partial charge in [0.25, 0.3) is 5.91 Å². The maximum atomic E-state index is 12.4. The minimum absolute atomic E-state index is 0.0553. The number of fused-ring (bicyclic) bond motifs is 1. The number of nitrogens with one attached hydrogen (secondary N) is 1. The largest absolute Gasteiger partial charge is 0.463 e. The molecular weight excluding hydrogens is 252 g/mol. The number of carbonyl (C=O) groups excluding carboxylic acids is 1. The smallest absolute Gasteiger partial charge is 0.255 e. The molecule has 106 valence electrons. The van der Waals surface area contributed by atoms with E-state index in [4.69, 9.17) is 10.2 Å². The normalized spacial score (nSPS) is 22.9. The average molecular weight is 272 g/mol. The van der Waals surface area contributed by atoms with Gasteiger partial charge in [-0.3, -0.25) is 4.79 Å². The van der Waals surface area contributed by atoms with Gasteiger partial charge in [0.05, 0.1) is 5.56 Å². The predicted molar refractivity (Wildman–Crippen MR) is 78.5 cm³/mol. The topological polar surface area (TPSA) is 68.3 Å². The zero-order chi connectivity index (χ0) is 13.9. The summed E-state index contributed by atoms with van der Waals surface area (Å²) in [5, 5.41) is 4.00. The lowest BCUT2D eigenvalue weighted by molar-refractivity contribution is 0.0909. The predicted octanol–water partition coefficient (Wildman–Crippen LogP) is 2.68. The number of amides is 1. The van der Waals surface area contributed by atoms with Crippen molar-refractivity contribution < 1.29 is 9.21 Å². The van der Waals surface area contributed by atoms with E-state index in [9.17, 15) is 4.79 Å². The summed E-state index contributed by atoms with van der Waals surface area (Å²) < 4.78 is 5.43. The van der Waals surface area contributed by atoms with Crippen LogP contribution in [0.25, 0.3) is 11.0 Å². The van der Waals surface area contributed by atoms with Crippen molar-refractivity contribution in [3.8, 4) is 0 Å². The van der Waals surface area contributed by atoms with E-state index in [2.05, 4.69) is 5.32 Å². The molecule has 3 rings (SSSR count). The van der Waals surface area contributed by atoms with Gasteiger partial charge in [0.2, 0.25) is 0 Å². The molecular formula is C16H20N2O2. The molecule has 2 aromatic rings. The number of rotatable bonds is 3. The first kappa shape index (κ1) is 13.2. The number of nitrogens with two attached hydrogens (primary N) is 1. The molecule has 1 aliphatic carbocycles. The van der Waals surface area contributed by atoms with E-state index in [1.165, 1.54) is 6.42 Å². The average Bonchev–Trinajstić information content (AvgIpc) is 2.92. The van der Waals surface area contributed by atoms with Crippen LogP contribution in [-0.4, -0.2) is 18.5 Å². The summed E-state index contributed by atoms with van der Waals surface area (Å²) in [5.74, 6) is 0.339. The van der Waals surface area contributed by atoms with Gasteiger partial charge in [0.1, 0.15) is 11.8 Å². The first-order chi connectivity index (χ1) is 9.79. The third-order valence-electron chi connectivity index (χ3n) is 4.25. The molecule has 1 aliphatic rings. The van der Waals surface area contributed by atoms with Gasteiger partial charge >= 0.3 is 0 Å². The van der Waals surface area contributed by atoms with E-state index < -0.39 is 0 Å². The molecule has 0 bridgehead atoms. The molecule has 3 N–H and O–H groups in total. The second-order valence-corrected chi connectivity index (χ2v) is 5.51. The Kier molecular flexibility index (Phi) is 3.74. The molecule has 0 saturated heterocycles. The van der Waals surface area contributed by atoms with Crippen molar-refractivity contribution in [3.63, 3.8) is 0 Å². The van der Waals surface area contributed by atoms with Crippen LogP contribution < -0.4 is 11.1 Å². The molecule has 1 amide bonds. The lowest BCUT2D eigenvalue weighted by Gasteiger charge is -2.31. The van der Waals surface area contributed by atoms with Gasteiger partial charge in [-0.15, -0.1) is 0 Å². The van der Waals surface area contributed by atoms with Gasteiger partial charge in [-0.2, -0.15) is 0 Å². The summed E-state index contributed by atoms with van der Waals surface area (Å²) in [7, 11) is 0. The number of carbonyl (C=O) groups is 1. The van der Waals surface area contributed by atoms with Crippen LogP contribution in [0.3, 0.4) is 0 Å². The highest BCUT2D eigenvalue weighted by molar-refractivity contribution is 6.05. The summed E-state index contributed by atoms with van der Waals surface area (Å²) in [4.78, 5) is 12.4. The Hall–Kier alpha value is -1.81. The van der Waals surface area contributed by atoms with Crippen molar-refractivity contribution in [1.29, 1.82) is 0 Å². The number of para-hydroxylation sites is 1. The maximum absolute atomic E-state index is 12.4. The lowest BCUT2D eigenvalue weighted by Crippen LogP contribution is -2.44. The highest BCUT2D eigenvalue weighted by Gasteiger charge is 2.26. The fraction of sp³-hybridized carbons (Fsp3) is 0.438. The molecule has 4 heteroatoms. The second-order valence-electron chi connectivity index (χ2n) is 5.51. The zero-order valence-electron chi connectivity index (χ0n) is 11.5. The Balaban J connectivity index is 1.78. The van der Waals surface area contributed by atoms with Crippen LogP contribution in [0.15, 0.2) is 34.9 Å². The molecule has 1 heterocycles. The van der Waals surface area contributed by atoms with Crippen LogP contribution in [0.2, 0.25) is 0 Å². The summed E-state index contributed by atoms with van der Waals surface area (Å²) >= 11 is 0. The standard InChI is InChI=1S/C16H20N2O2/c17-9-11-5-1-3-7-14(11)18-16(19)13-10-20-15-8-4-2-6-12(13)15/h2,4,6,8,10-11,14H,1,3,5,7,9,17H2,(H,18,19). The molecule has 1 aromatic carbocycles. The van der Waals surface area contributed by atoms with Gasteiger partial charge in [0.15, 0.2) is 0 Å². The quantitative estimate of drug-likeness (QED) is 0.902. The molecule has 1 saturated carbocycles. The van der Waals surface area contributed by atoms with Gasteiger partial charge < -0.3 is 15.5 Å². The molecule has 4 nitrogen and oxygen atoms in total. The molecule has 1 fully saturated rings. The van der Waals surface area contributed by atoms with E-state index in [1.54, 1.807) is 6.26 Å². The minimum Gasteiger partial charge on any atom is -0.463 e. The van der Waals surface area contributed by atoms with Gasteiger partial charge in [0, 0.05) is 11.4 Å². The fourth-order valence-electron chi connectivity index (χ4n) is 3.08. The molecule has 2 atom stereocenters. The van der Waals surface area contributed by atoms with Crippen molar-refractivity contribution in [2.24, 2.45) is 11.7 Å². The van der Waals surface area contributed by atoms with E-state index >= 15 is 0 Å². The summed E-state index contributed by atoms with van der Waals surface area (Å²) in [6.07, 6.45) is 6.04. The van der Waals surface area contributed by atoms with Crippen molar-refractivity contribution in [2.75, 3.05) is 6.54 Å². The van der Waals surface area contributed by atoms with E-state index in [-0.39, 0.29) is 11.9 Å². The maximum Gasteiger partial charge on any atom is 0.255 e. The molecule has 2 unspecified atom stereocenters. The fourth-order valence-corrected chi connectivity index (χ4v) is 3.08. The number of benzene rings is 1. The van der Waals surface area contributed by atoms with Gasteiger partial charge in [-0.05, 0) is 31.4 Å². The van der Waals surface area contributed by atoms with Crippen LogP contribution in [0.4, 0.5) is 0 Å². The van der Waals surface area contributed by atoms with Crippen molar-refractivity contribution in [2.45, 2.75) is 31.7 Å². The Morgan fingerprint density at radius 3 is 2.95 bits per heavy atom. The third kappa shape index (κ3) is 2.43. The Labute approximate surface area is 118 Å². The number of hydrogen-bond acceptors (Lipinski definition) is 3. The Morgan fingerprint density at radius 2 is 2.10 bits per heavy atom. The van der Waals surface area contributed by atoms with Crippen molar-refractivity contribution >= 4 is 16.9 Å². The summed E-state index contributed by atoms with van der Waals surface area (Å²) in [5.41, 5.74) is 7.17. The highest BCUT2D eigenvalue weighted by atomic mass is 16.3. The van der Waals surface area contributed by atoms with Gasteiger partial charge in [-0.1, -0.05) is 31.0 Å². The van der Waals surface area contributed by atoms with Crippen LogP contribution >= 0.6 is 0 Å².